The van der Waals surface area contributed by atoms with Gasteiger partial charge < -0.3 is 5.11 Å². The Balaban J connectivity index is 3.07. The molecule has 3 nitrogen and oxygen atoms in total. The van der Waals surface area contributed by atoms with Crippen molar-refractivity contribution in [1.82, 2.24) is 0 Å². The van der Waals surface area contributed by atoms with Crippen LogP contribution >= 0.6 is 0 Å². The van der Waals surface area contributed by atoms with Crippen molar-refractivity contribution in [3.8, 4) is 0 Å². The zero-order valence-corrected chi connectivity index (χ0v) is 12.5. The topological polar surface area (TPSA) is 54.4 Å². The molecule has 0 spiro atoms. The Kier molecular flexibility index (Phi) is 13.0. The van der Waals surface area contributed by atoms with Crippen molar-refractivity contribution >= 4 is 11.8 Å². The predicted octanol–water partition coefficient (Wildman–Crippen LogP) is 4.73. The van der Waals surface area contributed by atoms with Gasteiger partial charge in [-0.05, 0) is 6.42 Å². The van der Waals surface area contributed by atoms with Crippen LogP contribution in [-0.4, -0.2) is 16.9 Å². The molecule has 0 saturated carbocycles. The molecule has 0 aromatic heterocycles. The second-order valence-electron chi connectivity index (χ2n) is 5.37. The van der Waals surface area contributed by atoms with E-state index in [4.69, 9.17) is 5.11 Å². The quantitative estimate of drug-likeness (QED) is 0.366. The average Bonchev–Trinajstić information content (AvgIpc) is 2.39. The first-order valence-electron chi connectivity index (χ1n) is 7.94. The second kappa shape index (κ2) is 13.6. The number of hydrogen-bond donors (Lipinski definition) is 1. The van der Waals surface area contributed by atoms with Gasteiger partial charge in [-0.25, -0.2) is 4.79 Å². The number of rotatable bonds is 14. The number of carboxylic acids is 1. The molecule has 0 saturated heterocycles. The Hall–Kier alpha value is -0.860. The van der Waals surface area contributed by atoms with Crippen LogP contribution in [0.2, 0.25) is 0 Å². The summed E-state index contributed by atoms with van der Waals surface area (Å²) in [5.74, 6) is -1.94. The highest BCUT2D eigenvalue weighted by Crippen LogP contribution is 2.12. The predicted molar refractivity (Wildman–Crippen MR) is 78.3 cm³/mol. The molecule has 0 aromatic rings. The second-order valence-corrected chi connectivity index (χ2v) is 5.37. The zero-order chi connectivity index (χ0) is 14.3. The molecule has 0 radical (unpaired) electrons. The van der Waals surface area contributed by atoms with Gasteiger partial charge in [0.25, 0.3) is 0 Å². The molecule has 0 heterocycles. The fourth-order valence-corrected chi connectivity index (χ4v) is 2.23. The minimum atomic E-state index is -1.29. The molecule has 19 heavy (non-hydrogen) atoms. The van der Waals surface area contributed by atoms with Gasteiger partial charge in [-0.1, -0.05) is 77.6 Å². The first-order valence-corrected chi connectivity index (χ1v) is 7.94. The normalized spacial score (nSPS) is 10.6. The van der Waals surface area contributed by atoms with Gasteiger partial charge in [-0.15, -0.1) is 0 Å². The smallest absolute Gasteiger partial charge is 0.372 e. The maximum absolute atomic E-state index is 10.8. The monoisotopic (exact) mass is 270 g/mol. The van der Waals surface area contributed by atoms with E-state index in [0.717, 1.165) is 19.3 Å². The maximum Gasteiger partial charge on any atom is 0.372 e. The van der Waals surface area contributed by atoms with E-state index in [1.807, 2.05) is 0 Å². The van der Waals surface area contributed by atoms with Crippen molar-refractivity contribution in [2.45, 2.75) is 90.4 Å². The molecular formula is C16H30O3. The summed E-state index contributed by atoms with van der Waals surface area (Å²) < 4.78 is 0. The minimum Gasteiger partial charge on any atom is -0.476 e. The molecule has 0 bridgehead atoms. The highest BCUT2D eigenvalue weighted by atomic mass is 16.4. The van der Waals surface area contributed by atoms with E-state index in [9.17, 15) is 9.59 Å². The van der Waals surface area contributed by atoms with E-state index in [0.29, 0.717) is 0 Å². The minimum absolute atomic E-state index is 0.201. The lowest BCUT2D eigenvalue weighted by Crippen LogP contribution is -2.11. The molecule has 112 valence electrons. The van der Waals surface area contributed by atoms with E-state index in [-0.39, 0.29) is 6.42 Å². The van der Waals surface area contributed by atoms with Crippen molar-refractivity contribution in [3.05, 3.63) is 0 Å². The largest absolute Gasteiger partial charge is 0.476 e. The summed E-state index contributed by atoms with van der Waals surface area (Å²) in [4.78, 5) is 21.1. The molecule has 0 atom stereocenters. The number of aliphatic carboxylic acids is 1. The fourth-order valence-electron chi connectivity index (χ4n) is 2.23. The third kappa shape index (κ3) is 13.4. The molecular weight excluding hydrogens is 240 g/mol. The summed E-state index contributed by atoms with van der Waals surface area (Å²) in [5.41, 5.74) is 0. The van der Waals surface area contributed by atoms with Gasteiger partial charge in [0.05, 0.1) is 0 Å². The first kappa shape index (κ1) is 18.1. The molecule has 0 aliphatic carbocycles. The summed E-state index contributed by atoms with van der Waals surface area (Å²) in [5, 5.41) is 8.41. The van der Waals surface area contributed by atoms with Crippen LogP contribution in [-0.2, 0) is 9.59 Å². The van der Waals surface area contributed by atoms with Crippen molar-refractivity contribution in [3.63, 3.8) is 0 Å². The van der Waals surface area contributed by atoms with E-state index in [2.05, 4.69) is 6.92 Å². The maximum atomic E-state index is 10.8. The van der Waals surface area contributed by atoms with E-state index in [1.165, 1.54) is 57.8 Å². The number of hydrogen-bond acceptors (Lipinski definition) is 2. The molecule has 0 unspecified atom stereocenters. The average molecular weight is 270 g/mol. The van der Waals surface area contributed by atoms with E-state index in [1.54, 1.807) is 0 Å². The third-order valence-corrected chi connectivity index (χ3v) is 3.50. The fraction of sp³-hybridized carbons (Fsp3) is 0.875. The van der Waals surface area contributed by atoms with Gasteiger partial charge >= 0.3 is 5.97 Å². The molecule has 0 aliphatic rings. The van der Waals surface area contributed by atoms with Crippen molar-refractivity contribution < 1.29 is 14.7 Å². The molecule has 0 amide bonds. The van der Waals surface area contributed by atoms with Crippen LogP contribution in [0.25, 0.3) is 0 Å². The van der Waals surface area contributed by atoms with E-state index < -0.39 is 11.8 Å². The third-order valence-electron chi connectivity index (χ3n) is 3.50. The Morgan fingerprint density at radius 2 is 1.05 bits per heavy atom. The number of carbonyl (C=O) groups excluding carboxylic acids is 1. The Labute approximate surface area is 117 Å². The standard InChI is InChI=1S/C16H30O3/c1-2-3-4-5-6-7-8-9-10-11-12-13-14-15(17)16(18)19/h2-14H2,1H3,(H,18,19). The van der Waals surface area contributed by atoms with Crippen LogP contribution in [0.5, 0.6) is 0 Å². The van der Waals surface area contributed by atoms with Crippen LogP contribution < -0.4 is 0 Å². The number of unbranched alkanes of at least 4 members (excludes halogenated alkanes) is 11. The lowest BCUT2D eigenvalue weighted by molar-refractivity contribution is -0.149. The Bertz CT molecular complexity index is 236. The SMILES string of the molecule is CCCCCCCCCCCCCCC(=O)C(=O)O. The van der Waals surface area contributed by atoms with Crippen LogP contribution in [0.1, 0.15) is 90.4 Å². The first-order chi connectivity index (χ1) is 9.18. The summed E-state index contributed by atoms with van der Waals surface area (Å²) in [6, 6.07) is 0. The summed E-state index contributed by atoms with van der Waals surface area (Å²) in [6.45, 7) is 2.24. The van der Waals surface area contributed by atoms with Gasteiger partial charge in [0.1, 0.15) is 0 Å². The summed E-state index contributed by atoms with van der Waals surface area (Å²) in [7, 11) is 0. The van der Waals surface area contributed by atoms with Crippen molar-refractivity contribution in [1.29, 1.82) is 0 Å². The Morgan fingerprint density at radius 1 is 0.684 bits per heavy atom. The number of carboxylic acid groups (broad SMARTS) is 1. The Morgan fingerprint density at radius 3 is 1.42 bits per heavy atom. The number of Topliss-reactive ketones (excluding diaryl/α,β-unsaturated/α-hetero) is 1. The molecule has 0 aromatic carbocycles. The molecule has 0 fully saturated rings. The highest BCUT2D eigenvalue weighted by molar-refractivity contribution is 6.32. The lowest BCUT2D eigenvalue weighted by Gasteiger charge is -2.02. The van der Waals surface area contributed by atoms with E-state index >= 15 is 0 Å². The van der Waals surface area contributed by atoms with Crippen molar-refractivity contribution in [2.24, 2.45) is 0 Å². The van der Waals surface area contributed by atoms with Gasteiger partial charge in [0.15, 0.2) is 0 Å². The molecule has 1 N–H and O–H groups in total. The van der Waals surface area contributed by atoms with Gasteiger partial charge in [-0.2, -0.15) is 0 Å². The molecule has 0 aliphatic heterocycles. The lowest BCUT2D eigenvalue weighted by atomic mass is 10.0. The number of ketones is 1. The van der Waals surface area contributed by atoms with Crippen LogP contribution in [0.15, 0.2) is 0 Å². The van der Waals surface area contributed by atoms with Crippen LogP contribution in [0, 0.1) is 0 Å². The number of carbonyl (C=O) groups is 2. The van der Waals surface area contributed by atoms with Gasteiger partial charge in [-0.3, -0.25) is 4.79 Å². The molecule has 0 rings (SSSR count). The van der Waals surface area contributed by atoms with Crippen LogP contribution in [0.4, 0.5) is 0 Å². The summed E-state index contributed by atoms with van der Waals surface area (Å²) in [6.07, 6.45) is 15.0. The summed E-state index contributed by atoms with van der Waals surface area (Å²) >= 11 is 0. The van der Waals surface area contributed by atoms with Gasteiger partial charge in [0.2, 0.25) is 5.78 Å². The van der Waals surface area contributed by atoms with Crippen molar-refractivity contribution in [2.75, 3.05) is 0 Å². The van der Waals surface area contributed by atoms with Crippen LogP contribution in [0.3, 0.4) is 0 Å². The molecule has 3 heteroatoms. The zero-order valence-electron chi connectivity index (χ0n) is 12.5. The highest BCUT2D eigenvalue weighted by Gasteiger charge is 2.09. The van der Waals surface area contributed by atoms with Gasteiger partial charge in [0, 0.05) is 6.42 Å².